The maximum atomic E-state index is 12.1. The van der Waals surface area contributed by atoms with Crippen molar-refractivity contribution in [1.82, 2.24) is 4.98 Å². The molecule has 3 nitrogen and oxygen atoms in total. The van der Waals surface area contributed by atoms with Crippen molar-refractivity contribution >= 4 is 34.3 Å². The van der Waals surface area contributed by atoms with Crippen LogP contribution in [0, 0.1) is 0 Å². The fourth-order valence-corrected chi connectivity index (χ4v) is 3.68. The SMILES string of the molecule is CCc1cccc(NC(=O)Cc2csc(-c3ccsc3)n2)c1. The molecule has 0 aliphatic heterocycles. The molecule has 0 spiro atoms. The topological polar surface area (TPSA) is 42.0 Å². The van der Waals surface area contributed by atoms with Crippen LogP contribution in [0.1, 0.15) is 18.2 Å². The third-order valence-electron chi connectivity index (χ3n) is 3.28. The van der Waals surface area contributed by atoms with Gasteiger partial charge in [-0.15, -0.1) is 11.3 Å². The molecule has 0 radical (unpaired) electrons. The van der Waals surface area contributed by atoms with Crippen molar-refractivity contribution in [3.05, 3.63) is 57.7 Å². The number of anilines is 1. The van der Waals surface area contributed by atoms with Gasteiger partial charge in [-0.05, 0) is 35.6 Å². The molecule has 0 aliphatic rings. The third kappa shape index (κ3) is 3.61. The number of thiazole rings is 1. The van der Waals surface area contributed by atoms with E-state index in [0.717, 1.165) is 28.4 Å². The molecule has 2 aromatic heterocycles. The Hall–Kier alpha value is -1.98. The maximum absolute atomic E-state index is 12.1. The summed E-state index contributed by atoms with van der Waals surface area (Å²) in [5, 5.41) is 9.96. The first-order chi connectivity index (χ1) is 10.7. The van der Waals surface area contributed by atoms with E-state index in [4.69, 9.17) is 0 Å². The van der Waals surface area contributed by atoms with Gasteiger partial charge in [-0.3, -0.25) is 4.79 Å². The van der Waals surface area contributed by atoms with Crippen molar-refractivity contribution in [3.8, 4) is 10.6 Å². The van der Waals surface area contributed by atoms with Crippen LogP contribution in [-0.4, -0.2) is 10.9 Å². The summed E-state index contributed by atoms with van der Waals surface area (Å²) in [5.74, 6) is -0.0320. The van der Waals surface area contributed by atoms with E-state index in [0.29, 0.717) is 6.42 Å². The fourth-order valence-electron chi connectivity index (χ4n) is 2.15. The minimum Gasteiger partial charge on any atom is -0.326 e. The van der Waals surface area contributed by atoms with Crippen LogP contribution in [0.15, 0.2) is 46.5 Å². The number of hydrogen-bond acceptors (Lipinski definition) is 4. The Bertz CT molecular complexity index is 763. The van der Waals surface area contributed by atoms with Gasteiger partial charge in [-0.1, -0.05) is 19.1 Å². The summed E-state index contributed by atoms with van der Waals surface area (Å²) in [6.45, 7) is 2.10. The first-order valence-corrected chi connectivity index (χ1v) is 8.92. The fraction of sp³-hybridized carbons (Fsp3) is 0.176. The Labute approximate surface area is 137 Å². The Morgan fingerprint density at radius 2 is 2.18 bits per heavy atom. The molecule has 3 aromatic rings. The van der Waals surface area contributed by atoms with Crippen LogP contribution in [0.4, 0.5) is 5.69 Å². The predicted molar refractivity (Wildman–Crippen MR) is 93.6 cm³/mol. The van der Waals surface area contributed by atoms with E-state index >= 15 is 0 Å². The van der Waals surface area contributed by atoms with Crippen molar-refractivity contribution in [1.29, 1.82) is 0 Å². The molecule has 0 bridgehead atoms. The van der Waals surface area contributed by atoms with E-state index in [9.17, 15) is 4.79 Å². The van der Waals surface area contributed by atoms with Crippen molar-refractivity contribution in [2.45, 2.75) is 19.8 Å². The normalized spacial score (nSPS) is 10.6. The summed E-state index contributed by atoms with van der Waals surface area (Å²) in [6, 6.07) is 9.99. The zero-order chi connectivity index (χ0) is 15.4. The molecule has 0 saturated carbocycles. The summed E-state index contributed by atoms with van der Waals surface area (Å²) in [4.78, 5) is 16.7. The molecule has 0 atom stereocenters. The molecule has 3 rings (SSSR count). The van der Waals surface area contributed by atoms with Crippen LogP contribution in [0.5, 0.6) is 0 Å². The highest BCUT2D eigenvalue weighted by atomic mass is 32.1. The minimum absolute atomic E-state index is 0.0320. The number of carbonyl (C=O) groups excluding carboxylic acids is 1. The molecular weight excluding hydrogens is 312 g/mol. The number of rotatable bonds is 5. The van der Waals surface area contributed by atoms with Gasteiger partial charge in [-0.25, -0.2) is 4.98 Å². The molecule has 1 N–H and O–H groups in total. The van der Waals surface area contributed by atoms with Crippen LogP contribution >= 0.6 is 22.7 Å². The number of nitrogens with zero attached hydrogens (tertiary/aromatic N) is 1. The number of hydrogen-bond donors (Lipinski definition) is 1. The number of thiophene rings is 1. The number of aromatic nitrogens is 1. The van der Waals surface area contributed by atoms with E-state index in [1.165, 1.54) is 5.56 Å². The van der Waals surface area contributed by atoms with Crippen LogP contribution in [0.3, 0.4) is 0 Å². The van der Waals surface area contributed by atoms with Crippen molar-refractivity contribution < 1.29 is 4.79 Å². The molecule has 0 aliphatic carbocycles. The van der Waals surface area contributed by atoms with Gasteiger partial charge in [0.15, 0.2) is 0 Å². The molecule has 0 saturated heterocycles. The van der Waals surface area contributed by atoms with E-state index in [1.807, 2.05) is 35.0 Å². The molecular formula is C17H16N2OS2. The number of amides is 1. The second-order valence-corrected chi connectivity index (χ2v) is 6.57. The standard InChI is InChI=1S/C17H16N2OS2/c1-2-12-4-3-5-14(8-12)18-16(20)9-15-11-22-17(19-15)13-6-7-21-10-13/h3-8,10-11H,2,9H2,1H3,(H,18,20). The van der Waals surface area contributed by atoms with E-state index in [-0.39, 0.29) is 5.91 Å². The molecule has 0 fully saturated rings. The second kappa shape index (κ2) is 6.85. The Morgan fingerprint density at radius 1 is 1.27 bits per heavy atom. The van der Waals surface area contributed by atoms with Crippen molar-refractivity contribution in [3.63, 3.8) is 0 Å². The lowest BCUT2D eigenvalue weighted by atomic mass is 10.1. The maximum Gasteiger partial charge on any atom is 0.230 e. The quantitative estimate of drug-likeness (QED) is 0.743. The first kappa shape index (κ1) is 14.9. The van der Waals surface area contributed by atoms with E-state index < -0.39 is 0 Å². The summed E-state index contributed by atoms with van der Waals surface area (Å²) in [6.07, 6.45) is 1.26. The highest BCUT2D eigenvalue weighted by molar-refractivity contribution is 7.14. The minimum atomic E-state index is -0.0320. The Balaban J connectivity index is 1.64. The van der Waals surface area contributed by atoms with Gasteiger partial charge in [0.2, 0.25) is 5.91 Å². The molecule has 1 amide bonds. The molecule has 5 heteroatoms. The average Bonchev–Trinajstić information content (AvgIpc) is 3.18. The van der Waals surface area contributed by atoms with Gasteiger partial charge in [0.05, 0.1) is 12.1 Å². The Morgan fingerprint density at radius 3 is 2.95 bits per heavy atom. The van der Waals surface area contributed by atoms with Crippen molar-refractivity contribution in [2.24, 2.45) is 0 Å². The number of benzene rings is 1. The van der Waals surface area contributed by atoms with Crippen LogP contribution in [0.25, 0.3) is 10.6 Å². The smallest absolute Gasteiger partial charge is 0.230 e. The zero-order valence-corrected chi connectivity index (χ0v) is 13.8. The summed E-state index contributed by atoms with van der Waals surface area (Å²) < 4.78 is 0. The molecule has 22 heavy (non-hydrogen) atoms. The summed E-state index contributed by atoms with van der Waals surface area (Å²) >= 11 is 3.23. The van der Waals surface area contributed by atoms with Crippen LogP contribution in [-0.2, 0) is 17.6 Å². The van der Waals surface area contributed by atoms with Gasteiger partial charge in [0.1, 0.15) is 5.01 Å². The van der Waals surface area contributed by atoms with E-state index in [1.54, 1.807) is 22.7 Å². The highest BCUT2D eigenvalue weighted by Crippen LogP contribution is 2.25. The molecule has 112 valence electrons. The highest BCUT2D eigenvalue weighted by Gasteiger charge is 2.09. The lowest BCUT2D eigenvalue weighted by Crippen LogP contribution is -2.14. The van der Waals surface area contributed by atoms with Crippen molar-refractivity contribution in [2.75, 3.05) is 5.32 Å². The third-order valence-corrected chi connectivity index (χ3v) is 4.90. The predicted octanol–water partition coefficient (Wildman–Crippen LogP) is 4.62. The molecule has 0 unspecified atom stereocenters. The monoisotopic (exact) mass is 328 g/mol. The summed E-state index contributed by atoms with van der Waals surface area (Å²) in [7, 11) is 0. The second-order valence-electron chi connectivity index (χ2n) is 4.93. The number of aryl methyl sites for hydroxylation is 1. The van der Waals surface area contributed by atoms with Gasteiger partial charge < -0.3 is 5.32 Å². The zero-order valence-electron chi connectivity index (χ0n) is 12.2. The van der Waals surface area contributed by atoms with E-state index in [2.05, 4.69) is 28.7 Å². The summed E-state index contributed by atoms with van der Waals surface area (Å²) in [5.41, 5.74) is 4.00. The lowest BCUT2D eigenvalue weighted by Gasteiger charge is -2.05. The lowest BCUT2D eigenvalue weighted by molar-refractivity contribution is -0.115. The largest absolute Gasteiger partial charge is 0.326 e. The van der Waals surface area contributed by atoms with Crippen LogP contribution < -0.4 is 5.32 Å². The van der Waals surface area contributed by atoms with Gasteiger partial charge in [-0.2, -0.15) is 11.3 Å². The first-order valence-electron chi connectivity index (χ1n) is 7.10. The Kier molecular flexibility index (Phi) is 4.65. The molecule has 1 aromatic carbocycles. The average molecular weight is 328 g/mol. The van der Waals surface area contributed by atoms with Gasteiger partial charge in [0.25, 0.3) is 0 Å². The number of nitrogens with one attached hydrogen (secondary N) is 1. The molecule has 2 heterocycles. The number of carbonyl (C=O) groups is 1. The van der Waals surface area contributed by atoms with Gasteiger partial charge >= 0.3 is 0 Å². The van der Waals surface area contributed by atoms with Crippen LogP contribution in [0.2, 0.25) is 0 Å². The van der Waals surface area contributed by atoms with Gasteiger partial charge in [0, 0.05) is 22.0 Å².